The Bertz CT molecular complexity index is 411. The van der Waals surface area contributed by atoms with Crippen LogP contribution in [0.5, 0.6) is 0 Å². The molecule has 3 heteroatoms. The maximum atomic E-state index is 13.6. The van der Waals surface area contributed by atoms with Crippen LogP contribution in [0.25, 0.3) is 0 Å². The van der Waals surface area contributed by atoms with Crippen molar-refractivity contribution >= 4 is 5.69 Å². The summed E-state index contributed by atoms with van der Waals surface area (Å²) >= 11 is 0. The zero-order valence-electron chi connectivity index (χ0n) is 9.90. The predicted octanol–water partition coefficient (Wildman–Crippen LogP) is 3.87. The van der Waals surface area contributed by atoms with Gasteiger partial charge < -0.3 is 5.32 Å². The van der Waals surface area contributed by atoms with Gasteiger partial charge in [0.1, 0.15) is 11.6 Å². The van der Waals surface area contributed by atoms with Crippen molar-refractivity contribution < 1.29 is 8.78 Å². The van der Waals surface area contributed by atoms with Crippen molar-refractivity contribution in [3.63, 3.8) is 0 Å². The molecule has 1 aliphatic carbocycles. The smallest absolute Gasteiger partial charge is 0.146 e. The highest BCUT2D eigenvalue weighted by atomic mass is 19.1. The maximum absolute atomic E-state index is 13.6. The fraction of sp³-hybridized carbons (Fsp3) is 0.538. The van der Waals surface area contributed by atoms with E-state index in [1.54, 1.807) is 6.92 Å². The van der Waals surface area contributed by atoms with Crippen molar-refractivity contribution in [3.05, 3.63) is 29.3 Å². The fourth-order valence-corrected chi connectivity index (χ4v) is 1.79. The van der Waals surface area contributed by atoms with Crippen LogP contribution in [0.1, 0.15) is 32.3 Å². The topological polar surface area (TPSA) is 12.0 Å². The molecule has 1 aromatic rings. The van der Waals surface area contributed by atoms with E-state index in [-0.39, 0.29) is 28.8 Å². The Morgan fingerprint density at radius 2 is 1.88 bits per heavy atom. The molecule has 1 aliphatic rings. The number of rotatable bonds is 3. The van der Waals surface area contributed by atoms with Crippen LogP contribution in [0.2, 0.25) is 0 Å². The van der Waals surface area contributed by atoms with E-state index in [1.165, 1.54) is 12.1 Å². The van der Waals surface area contributed by atoms with Crippen LogP contribution in [0.3, 0.4) is 0 Å². The van der Waals surface area contributed by atoms with Crippen LogP contribution in [0.15, 0.2) is 12.1 Å². The van der Waals surface area contributed by atoms with Gasteiger partial charge in [-0.1, -0.05) is 6.92 Å². The van der Waals surface area contributed by atoms with Gasteiger partial charge in [-0.05, 0) is 43.7 Å². The molecule has 0 aromatic heterocycles. The van der Waals surface area contributed by atoms with Crippen LogP contribution >= 0.6 is 0 Å². The van der Waals surface area contributed by atoms with Gasteiger partial charge in [0.25, 0.3) is 0 Å². The van der Waals surface area contributed by atoms with E-state index in [0.717, 1.165) is 12.8 Å². The number of anilines is 1. The highest BCUT2D eigenvalue weighted by Crippen LogP contribution is 2.48. The number of aryl methyl sites for hydroxylation is 1. The summed E-state index contributed by atoms with van der Waals surface area (Å²) < 4.78 is 26.9. The number of halogens is 2. The Morgan fingerprint density at radius 3 is 2.44 bits per heavy atom. The van der Waals surface area contributed by atoms with Crippen molar-refractivity contribution in [2.24, 2.45) is 5.41 Å². The third kappa shape index (κ3) is 2.04. The first-order valence-electron chi connectivity index (χ1n) is 5.64. The van der Waals surface area contributed by atoms with E-state index in [2.05, 4.69) is 12.2 Å². The summed E-state index contributed by atoms with van der Waals surface area (Å²) in [4.78, 5) is 0. The first kappa shape index (κ1) is 11.4. The van der Waals surface area contributed by atoms with E-state index in [0.29, 0.717) is 5.56 Å². The largest absolute Gasteiger partial charge is 0.380 e. The van der Waals surface area contributed by atoms with Crippen molar-refractivity contribution in [2.45, 2.75) is 39.7 Å². The second-order valence-electron chi connectivity index (χ2n) is 5.10. The predicted molar refractivity (Wildman–Crippen MR) is 61.5 cm³/mol. The van der Waals surface area contributed by atoms with Gasteiger partial charge in [-0.25, -0.2) is 8.78 Å². The summed E-state index contributed by atoms with van der Waals surface area (Å²) in [6.07, 6.45) is 2.30. The molecule has 1 N–H and O–H groups in total. The van der Waals surface area contributed by atoms with E-state index in [4.69, 9.17) is 0 Å². The zero-order valence-corrected chi connectivity index (χ0v) is 9.90. The van der Waals surface area contributed by atoms with Gasteiger partial charge >= 0.3 is 0 Å². The molecule has 0 radical (unpaired) electrons. The summed E-state index contributed by atoms with van der Waals surface area (Å²) in [5, 5.41) is 3.07. The van der Waals surface area contributed by atoms with E-state index < -0.39 is 0 Å². The summed E-state index contributed by atoms with van der Waals surface area (Å²) in [6, 6.07) is 2.65. The lowest BCUT2D eigenvalue weighted by Gasteiger charge is -2.22. The van der Waals surface area contributed by atoms with Gasteiger partial charge in [-0.3, -0.25) is 0 Å². The van der Waals surface area contributed by atoms with Crippen LogP contribution in [0, 0.1) is 24.0 Å². The number of hydrogen-bond acceptors (Lipinski definition) is 1. The molecule has 0 saturated heterocycles. The van der Waals surface area contributed by atoms with Crippen molar-refractivity contribution in [1.82, 2.24) is 0 Å². The first-order chi connectivity index (χ1) is 7.42. The standard InChI is InChI=1S/C13H17F2N/c1-8-6-11(15)12(7-10(8)14)16-9(2)13(3)4-5-13/h6-7,9,16H,4-5H2,1-3H3. The van der Waals surface area contributed by atoms with Gasteiger partial charge in [-0.2, -0.15) is 0 Å². The van der Waals surface area contributed by atoms with Gasteiger partial charge in [-0.15, -0.1) is 0 Å². The minimum absolute atomic E-state index is 0.170. The summed E-state index contributed by atoms with van der Waals surface area (Å²) in [7, 11) is 0. The molecular formula is C13H17F2N. The molecule has 1 nitrogen and oxygen atoms in total. The van der Waals surface area contributed by atoms with E-state index >= 15 is 0 Å². The van der Waals surface area contributed by atoms with E-state index in [1.807, 2.05) is 6.92 Å². The third-order valence-electron chi connectivity index (χ3n) is 3.70. The SMILES string of the molecule is Cc1cc(F)c(NC(C)C2(C)CC2)cc1F. The maximum Gasteiger partial charge on any atom is 0.146 e. The quantitative estimate of drug-likeness (QED) is 0.823. The molecule has 2 rings (SSSR count). The molecule has 0 amide bonds. The molecule has 16 heavy (non-hydrogen) atoms. The monoisotopic (exact) mass is 225 g/mol. The summed E-state index contributed by atoms with van der Waals surface area (Å²) in [5.41, 5.74) is 0.852. The molecule has 0 bridgehead atoms. The van der Waals surface area contributed by atoms with E-state index in [9.17, 15) is 8.78 Å². The van der Waals surface area contributed by atoms with Gasteiger partial charge in [0.15, 0.2) is 0 Å². The van der Waals surface area contributed by atoms with Crippen molar-refractivity contribution in [2.75, 3.05) is 5.32 Å². The average molecular weight is 225 g/mol. The molecule has 1 atom stereocenters. The third-order valence-corrected chi connectivity index (χ3v) is 3.70. The van der Waals surface area contributed by atoms with Crippen LogP contribution in [0.4, 0.5) is 14.5 Å². The molecule has 0 aliphatic heterocycles. The Kier molecular flexibility index (Phi) is 2.64. The molecule has 1 fully saturated rings. The second kappa shape index (κ2) is 3.72. The average Bonchev–Trinajstić information content (AvgIpc) is 2.94. The lowest BCUT2D eigenvalue weighted by atomic mass is 10.0. The Labute approximate surface area is 94.9 Å². The highest BCUT2D eigenvalue weighted by molar-refractivity contribution is 5.48. The Morgan fingerprint density at radius 1 is 1.25 bits per heavy atom. The normalized spacial score (nSPS) is 19.3. The zero-order chi connectivity index (χ0) is 11.9. The number of nitrogens with one attached hydrogen (secondary N) is 1. The molecule has 1 saturated carbocycles. The van der Waals surface area contributed by atoms with Crippen LogP contribution < -0.4 is 5.32 Å². The molecule has 88 valence electrons. The summed E-state index contributed by atoms with van der Waals surface area (Å²) in [5.74, 6) is -0.743. The first-order valence-corrected chi connectivity index (χ1v) is 5.64. The Balaban J connectivity index is 2.18. The number of benzene rings is 1. The fourth-order valence-electron chi connectivity index (χ4n) is 1.79. The second-order valence-corrected chi connectivity index (χ2v) is 5.10. The molecule has 0 heterocycles. The van der Waals surface area contributed by atoms with Gasteiger partial charge in [0, 0.05) is 12.1 Å². The van der Waals surface area contributed by atoms with Gasteiger partial charge in [0.2, 0.25) is 0 Å². The number of hydrogen-bond donors (Lipinski definition) is 1. The molecular weight excluding hydrogens is 208 g/mol. The highest BCUT2D eigenvalue weighted by Gasteiger charge is 2.42. The van der Waals surface area contributed by atoms with Crippen molar-refractivity contribution in [3.8, 4) is 0 Å². The van der Waals surface area contributed by atoms with Crippen LogP contribution in [-0.4, -0.2) is 6.04 Å². The molecule has 1 aromatic carbocycles. The minimum atomic E-state index is -0.380. The summed E-state index contributed by atoms with van der Waals surface area (Å²) in [6.45, 7) is 5.74. The lowest BCUT2D eigenvalue weighted by Crippen LogP contribution is -2.25. The Hall–Kier alpha value is -1.12. The van der Waals surface area contributed by atoms with Gasteiger partial charge in [0.05, 0.1) is 5.69 Å². The van der Waals surface area contributed by atoms with Crippen LogP contribution in [-0.2, 0) is 0 Å². The molecule has 0 spiro atoms. The minimum Gasteiger partial charge on any atom is -0.380 e. The lowest BCUT2D eigenvalue weighted by molar-refractivity contribution is 0.489. The van der Waals surface area contributed by atoms with Crippen molar-refractivity contribution in [1.29, 1.82) is 0 Å². The molecule has 1 unspecified atom stereocenters.